The summed E-state index contributed by atoms with van der Waals surface area (Å²) in [5.41, 5.74) is -0.974. The van der Waals surface area contributed by atoms with Crippen molar-refractivity contribution in [1.29, 1.82) is 0 Å². The first-order valence-electron chi connectivity index (χ1n) is 7.22. The molecule has 0 radical (unpaired) electrons. The molecule has 2 aliphatic rings. The van der Waals surface area contributed by atoms with Crippen LogP contribution in [0.1, 0.15) is 20.1 Å². The molecule has 1 aromatic heterocycles. The van der Waals surface area contributed by atoms with E-state index < -0.39 is 17.5 Å². The highest BCUT2D eigenvalue weighted by Crippen LogP contribution is 2.46. The largest absolute Gasteiger partial charge is 0.394 e. The quantitative estimate of drug-likeness (QED) is 0.799. The van der Waals surface area contributed by atoms with Crippen molar-refractivity contribution < 1.29 is 14.6 Å². The lowest BCUT2D eigenvalue weighted by atomic mass is 9.80. The van der Waals surface area contributed by atoms with E-state index >= 15 is 0 Å². The molecule has 0 aliphatic carbocycles. The zero-order valence-electron chi connectivity index (χ0n) is 12.1. The van der Waals surface area contributed by atoms with Gasteiger partial charge in [0.25, 0.3) is 5.56 Å². The summed E-state index contributed by atoms with van der Waals surface area (Å²) in [6.45, 7) is 4.72. The van der Waals surface area contributed by atoms with Gasteiger partial charge in [-0.3, -0.25) is 14.3 Å². The van der Waals surface area contributed by atoms with Crippen LogP contribution < -0.4 is 11.2 Å². The molecule has 3 heterocycles. The molecule has 1 unspecified atom stereocenters. The van der Waals surface area contributed by atoms with Crippen molar-refractivity contribution in [2.75, 3.05) is 13.2 Å². The topological polar surface area (TPSA) is 93.5 Å². The fourth-order valence-electron chi connectivity index (χ4n) is 3.45. The zero-order valence-corrected chi connectivity index (χ0v) is 12.1. The Labute approximate surface area is 121 Å². The molecule has 2 fully saturated rings. The number of hydrogen-bond donors (Lipinski definition) is 2. The second-order valence-corrected chi connectivity index (χ2v) is 6.05. The van der Waals surface area contributed by atoms with E-state index in [1.54, 1.807) is 0 Å². The number of nitrogens with one attached hydrogen (secondary N) is 1. The average molecular weight is 296 g/mol. The Hall–Kier alpha value is -1.44. The van der Waals surface area contributed by atoms with Gasteiger partial charge in [0.2, 0.25) is 0 Å². The molecule has 2 aliphatic heterocycles. The highest BCUT2D eigenvalue weighted by atomic mass is 16.6. The predicted molar refractivity (Wildman–Crippen MR) is 73.9 cm³/mol. The van der Waals surface area contributed by atoms with Crippen LogP contribution in [-0.2, 0) is 9.47 Å². The molecule has 21 heavy (non-hydrogen) atoms. The number of aromatic nitrogens is 2. The normalized spacial score (nSPS) is 35.3. The van der Waals surface area contributed by atoms with Gasteiger partial charge in [0.15, 0.2) is 6.23 Å². The van der Waals surface area contributed by atoms with E-state index in [1.807, 2.05) is 0 Å². The van der Waals surface area contributed by atoms with Gasteiger partial charge in [0.05, 0.1) is 19.3 Å². The number of rotatable bonds is 3. The van der Waals surface area contributed by atoms with Gasteiger partial charge in [-0.1, -0.05) is 13.8 Å². The van der Waals surface area contributed by atoms with Crippen LogP contribution in [0.2, 0.25) is 0 Å². The fourth-order valence-corrected chi connectivity index (χ4v) is 3.45. The molecule has 5 atom stereocenters. The minimum Gasteiger partial charge on any atom is -0.394 e. The number of hydrogen-bond acceptors (Lipinski definition) is 5. The van der Waals surface area contributed by atoms with Gasteiger partial charge >= 0.3 is 5.69 Å². The Kier molecular flexibility index (Phi) is 3.73. The molecule has 0 aromatic carbocycles. The summed E-state index contributed by atoms with van der Waals surface area (Å²) in [6, 6.07) is 1.28. The van der Waals surface area contributed by atoms with E-state index in [4.69, 9.17) is 9.47 Å². The molecule has 0 saturated carbocycles. The standard InChI is InChI=1S/C14H20N2O5/c1-7(2)8-6-20-12-11(8)9(5-17)21-13(12)16-4-3-10(18)15-14(16)19/h3-4,7-9,11-13,17H,5-6H2,1-2H3,(H,15,18,19)/t8?,9-,11+,12+,13-/m1/s1. The average Bonchev–Trinajstić information content (AvgIpc) is 2.98. The van der Waals surface area contributed by atoms with E-state index in [0.717, 1.165) is 0 Å². The molecule has 7 heteroatoms. The van der Waals surface area contributed by atoms with Gasteiger partial charge in [0.1, 0.15) is 6.10 Å². The minimum atomic E-state index is -0.611. The maximum Gasteiger partial charge on any atom is 0.330 e. The van der Waals surface area contributed by atoms with Crippen molar-refractivity contribution in [2.24, 2.45) is 17.8 Å². The van der Waals surface area contributed by atoms with Crippen LogP contribution in [0, 0.1) is 17.8 Å². The van der Waals surface area contributed by atoms with Crippen LogP contribution in [0.15, 0.2) is 21.9 Å². The summed E-state index contributed by atoms with van der Waals surface area (Å²) >= 11 is 0. The molecule has 2 saturated heterocycles. The van der Waals surface area contributed by atoms with Crippen molar-refractivity contribution in [3.63, 3.8) is 0 Å². The Balaban J connectivity index is 1.95. The summed E-state index contributed by atoms with van der Waals surface area (Å²) < 4.78 is 13.0. The first-order chi connectivity index (χ1) is 10.0. The summed E-state index contributed by atoms with van der Waals surface area (Å²) in [5, 5.41) is 9.57. The molecule has 0 bridgehead atoms. The van der Waals surface area contributed by atoms with Crippen molar-refractivity contribution in [1.82, 2.24) is 9.55 Å². The highest BCUT2D eigenvalue weighted by Gasteiger charge is 2.54. The van der Waals surface area contributed by atoms with Crippen LogP contribution >= 0.6 is 0 Å². The maximum atomic E-state index is 11.9. The lowest BCUT2D eigenvalue weighted by Crippen LogP contribution is -2.36. The van der Waals surface area contributed by atoms with Gasteiger partial charge in [-0.05, 0) is 11.8 Å². The van der Waals surface area contributed by atoms with Crippen molar-refractivity contribution >= 4 is 0 Å². The number of aliphatic hydroxyl groups excluding tert-OH is 1. The Morgan fingerprint density at radius 2 is 2.24 bits per heavy atom. The van der Waals surface area contributed by atoms with Crippen LogP contribution in [-0.4, -0.2) is 40.1 Å². The Bertz CT molecular complexity index is 622. The van der Waals surface area contributed by atoms with Gasteiger partial charge in [-0.15, -0.1) is 0 Å². The first kappa shape index (κ1) is 14.5. The van der Waals surface area contributed by atoms with Crippen molar-refractivity contribution in [2.45, 2.75) is 32.3 Å². The molecule has 7 nitrogen and oxygen atoms in total. The number of fused-ring (bicyclic) bond motifs is 1. The molecular formula is C14H20N2O5. The lowest BCUT2D eigenvalue weighted by molar-refractivity contribution is -0.0789. The van der Waals surface area contributed by atoms with Crippen LogP contribution in [0.3, 0.4) is 0 Å². The van der Waals surface area contributed by atoms with E-state index in [0.29, 0.717) is 12.5 Å². The van der Waals surface area contributed by atoms with Crippen LogP contribution in [0.25, 0.3) is 0 Å². The second-order valence-electron chi connectivity index (χ2n) is 6.05. The highest BCUT2D eigenvalue weighted by molar-refractivity contribution is 4.99. The number of H-pyrrole nitrogens is 1. The Morgan fingerprint density at radius 1 is 1.48 bits per heavy atom. The molecule has 0 spiro atoms. The van der Waals surface area contributed by atoms with E-state index in [2.05, 4.69) is 18.8 Å². The summed E-state index contributed by atoms with van der Waals surface area (Å²) in [4.78, 5) is 25.3. The molecule has 1 aromatic rings. The number of nitrogens with zero attached hydrogens (tertiary/aromatic N) is 1. The second kappa shape index (κ2) is 5.40. The monoisotopic (exact) mass is 296 g/mol. The molecular weight excluding hydrogens is 276 g/mol. The Morgan fingerprint density at radius 3 is 2.86 bits per heavy atom. The lowest BCUT2D eigenvalue weighted by Gasteiger charge is -2.23. The molecule has 0 amide bonds. The van der Waals surface area contributed by atoms with Crippen molar-refractivity contribution in [3.05, 3.63) is 33.1 Å². The maximum absolute atomic E-state index is 11.9. The van der Waals surface area contributed by atoms with Gasteiger partial charge in [-0.25, -0.2) is 4.79 Å². The minimum absolute atomic E-state index is 0.0545. The first-order valence-corrected chi connectivity index (χ1v) is 7.22. The predicted octanol–water partition coefficient (Wildman–Crippen LogP) is -0.286. The van der Waals surface area contributed by atoms with Crippen LogP contribution in [0.4, 0.5) is 0 Å². The van der Waals surface area contributed by atoms with E-state index in [1.165, 1.54) is 16.8 Å². The molecule has 116 valence electrons. The smallest absolute Gasteiger partial charge is 0.330 e. The molecule has 2 N–H and O–H groups in total. The summed E-state index contributed by atoms with van der Waals surface area (Å²) in [5.74, 6) is 0.748. The third kappa shape index (κ3) is 2.35. The van der Waals surface area contributed by atoms with Crippen LogP contribution in [0.5, 0.6) is 0 Å². The van der Waals surface area contributed by atoms with Gasteiger partial charge in [0, 0.05) is 18.2 Å². The third-order valence-corrected chi connectivity index (χ3v) is 4.54. The third-order valence-electron chi connectivity index (χ3n) is 4.54. The summed E-state index contributed by atoms with van der Waals surface area (Å²) in [6.07, 6.45) is 0.168. The summed E-state index contributed by atoms with van der Waals surface area (Å²) in [7, 11) is 0. The number of ether oxygens (including phenoxy) is 2. The van der Waals surface area contributed by atoms with E-state index in [9.17, 15) is 14.7 Å². The van der Waals surface area contributed by atoms with E-state index in [-0.39, 0.29) is 30.7 Å². The SMILES string of the molecule is CC(C)C1CO[C@H]2[C@@H]1[C@@H](CO)O[C@H]2n1ccc(=O)[nH]c1=O. The zero-order chi connectivity index (χ0) is 15.1. The van der Waals surface area contributed by atoms with Gasteiger partial charge in [-0.2, -0.15) is 0 Å². The molecule has 3 rings (SSSR count). The number of aliphatic hydroxyl groups is 1. The van der Waals surface area contributed by atoms with Crippen molar-refractivity contribution in [3.8, 4) is 0 Å². The van der Waals surface area contributed by atoms with Gasteiger partial charge < -0.3 is 14.6 Å². The fraction of sp³-hybridized carbons (Fsp3) is 0.714. The number of aromatic amines is 1.